The summed E-state index contributed by atoms with van der Waals surface area (Å²) in [5.41, 5.74) is 0. The Balaban J connectivity index is 2.89. The van der Waals surface area contributed by atoms with E-state index >= 15 is 0 Å². The first-order valence-corrected chi connectivity index (χ1v) is 6.85. The highest BCUT2D eigenvalue weighted by Crippen LogP contribution is 2.12. The van der Waals surface area contributed by atoms with Crippen LogP contribution in [-0.4, -0.2) is 48.4 Å². The summed E-state index contributed by atoms with van der Waals surface area (Å²) in [4.78, 5) is 15.2. The average molecular weight is 275 g/mol. The van der Waals surface area contributed by atoms with Crippen LogP contribution in [-0.2, 0) is 26.6 Å². The molecule has 0 aliphatic carbocycles. The first-order valence-electron chi connectivity index (χ1n) is 5.41. The number of rotatable bonds is 5. The largest absolute Gasteiger partial charge is 0.465 e. The summed E-state index contributed by atoms with van der Waals surface area (Å²) in [5, 5.41) is -0.0747. The van der Waals surface area contributed by atoms with Gasteiger partial charge in [-0.15, -0.1) is 0 Å². The van der Waals surface area contributed by atoms with Gasteiger partial charge in [-0.25, -0.2) is 13.4 Å². The molecule has 7 nitrogen and oxygen atoms in total. The van der Waals surface area contributed by atoms with Gasteiger partial charge < -0.3 is 9.30 Å². The lowest BCUT2D eigenvalue weighted by atomic mass is 10.6. The fourth-order valence-corrected chi connectivity index (χ4v) is 2.42. The number of ether oxygens (including phenoxy) is 1. The van der Waals surface area contributed by atoms with Crippen molar-refractivity contribution in [1.82, 2.24) is 13.9 Å². The molecule has 0 saturated carbocycles. The summed E-state index contributed by atoms with van der Waals surface area (Å²) < 4.78 is 31.4. The van der Waals surface area contributed by atoms with Gasteiger partial charge in [0.2, 0.25) is 0 Å². The Labute approximate surface area is 106 Å². The number of carbonyl (C=O) groups is 1. The van der Waals surface area contributed by atoms with Crippen LogP contribution in [0.3, 0.4) is 0 Å². The molecule has 102 valence electrons. The SMILES string of the molecule is CCOC(=O)CN(C)S(=O)(=O)c1cn(C)c(C)n1. The Morgan fingerprint density at radius 2 is 2.17 bits per heavy atom. The maximum Gasteiger partial charge on any atom is 0.321 e. The Kier molecular flexibility index (Phi) is 4.47. The summed E-state index contributed by atoms with van der Waals surface area (Å²) in [5.74, 6) is -0.00524. The molecular weight excluding hydrogens is 258 g/mol. The molecule has 0 bridgehead atoms. The van der Waals surface area contributed by atoms with Crippen molar-refractivity contribution in [2.75, 3.05) is 20.2 Å². The summed E-state index contributed by atoms with van der Waals surface area (Å²) in [6, 6.07) is 0. The molecule has 18 heavy (non-hydrogen) atoms. The van der Waals surface area contributed by atoms with E-state index in [9.17, 15) is 13.2 Å². The van der Waals surface area contributed by atoms with Gasteiger partial charge in [-0.05, 0) is 13.8 Å². The lowest BCUT2D eigenvalue weighted by molar-refractivity contribution is -0.143. The predicted octanol–water partition coefficient (Wildman–Crippen LogP) is -0.0879. The van der Waals surface area contributed by atoms with Gasteiger partial charge in [0.05, 0.1) is 6.61 Å². The average Bonchev–Trinajstić information content (AvgIpc) is 2.60. The fourth-order valence-electron chi connectivity index (χ4n) is 1.28. The van der Waals surface area contributed by atoms with Crippen LogP contribution in [0.15, 0.2) is 11.2 Å². The second-order valence-electron chi connectivity index (χ2n) is 3.80. The van der Waals surface area contributed by atoms with Crippen LogP contribution in [0.5, 0.6) is 0 Å². The van der Waals surface area contributed by atoms with Crippen molar-refractivity contribution in [3.8, 4) is 0 Å². The van der Waals surface area contributed by atoms with Gasteiger partial charge in [-0.3, -0.25) is 4.79 Å². The molecule has 0 radical (unpaired) electrons. The second-order valence-corrected chi connectivity index (χ2v) is 5.80. The van der Waals surface area contributed by atoms with Crippen LogP contribution in [0.2, 0.25) is 0 Å². The van der Waals surface area contributed by atoms with Crippen molar-refractivity contribution in [3.05, 3.63) is 12.0 Å². The Hall–Kier alpha value is -1.41. The van der Waals surface area contributed by atoms with Crippen LogP contribution in [0.25, 0.3) is 0 Å². The van der Waals surface area contributed by atoms with E-state index in [-0.39, 0.29) is 18.2 Å². The van der Waals surface area contributed by atoms with Crippen LogP contribution < -0.4 is 0 Å². The highest BCUT2D eigenvalue weighted by Gasteiger charge is 2.26. The molecule has 1 aromatic rings. The van der Waals surface area contributed by atoms with Gasteiger partial charge in [0.15, 0.2) is 5.03 Å². The molecule has 0 aliphatic rings. The molecule has 8 heteroatoms. The third-order valence-electron chi connectivity index (χ3n) is 2.42. The van der Waals surface area contributed by atoms with E-state index in [2.05, 4.69) is 4.98 Å². The first-order chi connectivity index (χ1) is 8.28. The molecule has 0 aliphatic heterocycles. The van der Waals surface area contributed by atoms with E-state index in [0.717, 1.165) is 4.31 Å². The van der Waals surface area contributed by atoms with E-state index in [4.69, 9.17) is 4.74 Å². The summed E-state index contributed by atoms with van der Waals surface area (Å²) >= 11 is 0. The monoisotopic (exact) mass is 275 g/mol. The quantitative estimate of drug-likeness (QED) is 0.702. The van der Waals surface area contributed by atoms with Crippen molar-refractivity contribution in [2.45, 2.75) is 18.9 Å². The molecule has 0 unspecified atom stereocenters. The second kappa shape index (κ2) is 5.49. The van der Waals surface area contributed by atoms with Crippen LogP contribution in [0, 0.1) is 6.92 Å². The molecule has 0 atom stereocenters. The highest BCUT2D eigenvalue weighted by atomic mass is 32.2. The minimum absolute atomic E-state index is 0.0747. The first kappa shape index (κ1) is 14.7. The topological polar surface area (TPSA) is 81.5 Å². The van der Waals surface area contributed by atoms with E-state index in [1.54, 1.807) is 25.5 Å². The van der Waals surface area contributed by atoms with Gasteiger partial charge in [0, 0.05) is 20.3 Å². The number of aryl methyl sites for hydroxylation is 2. The summed E-state index contributed by atoms with van der Waals surface area (Å²) in [7, 11) is -0.737. The molecule has 0 amide bonds. The Bertz CT molecular complexity index is 516. The van der Waals surface area contributed by atoms with E-state index in [1.165, 1.54) is 13.2 Å². The number of nitrogens with zero attached hydrogens (tertiary/aromatic N) is 3. The zero-order valence-electron chi connectivity index (χ0n) is 10.9. The molecule has 1 rings (SSSR count). The van der Waals surface area contributed by atoms with E-state index < -0.39 is 16.0 Å². The number of sulfonamides is 1. The number of aromatic nitrogens is 2. The van der Waals surface area contributed by atoms with Crippen LogP contribution >= 0.6 is 0 Å². The third-order valence-corrected chi connectivity index (χ3v) is 4.09. The molecular formula is C10H17N3O4S. The fraction of sp³-hybridized carbons (Fsp3) is 0.600. The zero-order chi connectivity index (χ0) is 13.9. The summed E-state index contributed by atoms with van der Waals surface area (Å²) in [6.45, 7) is 3.25. The third kappa shape index (κ3) is 3.08. The smallest absolute Gasteiger partial charge is 0.321 e. The number of hydrogen-bond acceptors (Lipinski definition) is 5. The number of likely N-dealkylation sites (N-methyl/N-ethyl adjacent to an activating group) is 1. The van der Waals surface area contributed by atoms with E-state index in [1.807, 2.05) is 0 Å². The van der Waals surface area contributed by atoms with Crippen molar-refractivity contribution in [2.24, 2.45) is 7.05 Å². The lowest BCUT2D eigenvalue weighted by Crippen LogP contribution is -2.33. The molecule has 0 aromatic carbocycles. The van der Waals surface area contributed by atoms with Gasteiger partial charge >= 0.3 is 5.97 Å². The van der Waals surface area contributed by atoms with Gasteiger partial charge in [0.1, 0.15) is 12.4 Å². The highest BCUT2D eigenvalue weighted by molar-refractivity contribution is 7.89. The van der Waals surface area contributed by atoms with Gasteiger partial charge in [0.25, 0.3) is 10.0 Å². The van der Waals surface area contributed by atoms with Crippen molar-refractivity contribution in [3.63, 3.8) is 0 Å². The van der Waals surface area contributed by atoms with E-state index in [0.29, 0.717) is 5.82 Å². The number of esters is 1. The van der Waals surface area contributed by atoms with Crippen molar-refractivity contribution >= 4 is 16.0 Å². The van der Waals surface area contributed by atoms with Crippen molar-refractivity contribution < 1.29 is 17.9 Å². The maximum atomic E-state index is 12.1. The maximum absolute atomic E-state index is 12.1. The molecule has 0 fully saturated rings. The van der Waals surface area contributed by atoms with Gasteiger partial charge in [-0.1, -0.05) is 0 Å². The lowest BCUT2D eigenvalue weighted by Gasteiger charge is -2.14. The summed E-state index contributed by atoms with van der Waals surface area (Å²) in [6.07, 6.45) is 1.41. The Morgan fingerprint density at radius 3 is 2.61 bits per heavy atom. The zero-order valence-corrected chi connectivity index (χ0v) is 11.7. The number of carbonyl (C=O) groups excluding carboxylic acids is 1. The minimum atomic E-state index is -3.75. The standard InChI is InChI=1S/C10H17N3O4S/c1-5-17-10(14)7-13(4)18(15,16)9-6-12(3)8(2)11-9/h6H,5,7H2,1-4H3. The number of imidazole rings is 1. The van der Waals surface area contributed by atoms with Crippen LogP contribution in [0.4, 0.5) is 0 Å². The molecule has 1 aromatic heterocycles. The predicted molar refractivity (Wildman–Crippen MR) is 64.4 cm³/mol. The normalized spacial score (nSPS) is 11.8. The number of hydrogen-bond donors (Lipinski definition) is 0. The molecule has 0 saturated heterocycles. The molecule has 0 N–H and O–H groups in total. The van der Waals surface area contributed by atoms with Crippen LogP contribution in [0.1, 0.15) is 12.7 Å². The van der Waals surface area contributed by atoms with Gasteiger partial charge in [-0.2, -0.15) is 4.31 Å². The molecule has 0 spiro atoms. The van der Waals surface area contributed by atoms with Crippen molar-refractivity contribution in [1.29, 1.82) is 0 Å². The minimum Gasteiger partial charge on any atom is -0.465 e. The Morgan fingerprint density at radius 1 is 1.56 bits per heavy atom. The molecule has 1 heterocycles.